The number of benzene rings is 1. The molecule has 0 spiro atoms. The molecule has 1 aromatic rings. The first-order chi connectivity index (χ1) is 11.4. The first-order valence-corrected chi connectivity index (χ1v) is 9.16. The van der Waals surface area contributed by atoms with Gasteiger partial charge in [0.2, 0.25) is 5.91 Å². The fourth-order valence-electron chi connectivity index (χ4n) is 4.03. The van der Waals surface area contributed by atoms with Crippen molar-refractivity contribution in [1.82, 2.24) is 15.1 Å². The summed E-state index contributed by atoms with van der Waals surface area (Å²) < 4.78 is 0. The number of nitrogens with zero attached hydrogens (tertiary/aromatic N) is 2. The zero-order valence-electron chi connectivity index (χ0n) is 15.3. The van der Waals surface area contributed by atoms with Crippen LogP contribution in [0.5, 0.6) is 0 Å². The van der Waals surface area contributed by atoms with Crippen molar-refractivity contribution in [3.05, 3.63) is 35.9 Å². The van der Waals surface area contributed by atoms with Crippen LogP contribution in [-0.4, -0.2) is 62.0 Å². The van der Waals surface area contributed by atoms with Gasteiger partial charge in [-0.2, -0.15) is 0 Å². The molecule has 4 nitrogen and oxygen atoms in total. The van der Waals surface area contributed by atoms with E-state index in [-0.39, 0.29) is 16.7 Å². The lowest BCUT2D eigenvalue weighted by atomic mass is 9.88. The minimum Gasteiger partial charge on any atom is -0.355 e. The zero-order chi connectivity index (χ0) is 17.2. The molecule has 1 amide bonds. The third kappa shape index (κ3) is 3.65. The van der Waals surface area contributed by atoms with Gasteiger partial charge in [0, 0.05) is 51.1 Å². The van der Waals surface area contributed by atoms with Gasteiger partial charge in [0.15, 0.2) is 0 Å². The van der Waals surface area contributed by atoms with Crippen molar-refractivity contribution in [3.63, 3.8) is 0 Å². The van der Waals surface area contributed by atoms with Crippen molar-refractivity contribution in [2.75, 3.05) is 46.3 Å². The molecule has 1 N–H and O–H groups in total. The molecule has 1 aliphatic carbocycles. The second-order valence-electron chi connectivity index (χ2n) is 8.18. The number of piperazine rings is 1. The van der Waals surface area contributed by atoms with Gasteiger partial charge in [-0.05, 0) is 24.4 Å². The Bertz CT molecular complexity index is 564. The van der Waals surface area contributed by atoms with Crippen LogP contribution in [0.25, 0.3) is 0 Å². The van der Waals surface area contributed by atoms with Gasteiger partial charge < -0.3 is 15.1 Å². The number of carbonyl (C=O) groups excluding carboxylic acids is 1. The van der Waals surface area contributed by atoms with Crippen LogP contribution < -0.4 is 5.32 Å². The SMILES string of the molecule is CN1CCN(CCC(=O)NC[C@]2(c3ccccc3)CC2(C)C)CC1. The summed E-state index contributed by atoms with van der Waals surface area (Å²) in [6.45, 7) is 10.6. The average molecular weight is 329 g/mol. The van der Waals surface area contributed by atoms with Crippen LogP contribution in [-0.2, 0) is 10.2 Å². The number of carbonyl (C=O) groups is 1. The molecule has 0 unspecified atom stereocenters. The molecule has 1 saturated carbocycles. The van der Waals surface area contributed by atoms with E-state index in [1.54, 1.807) is 0 Å². The Morgan fingerprint density at radius 3 is 2.33 bits per heavy atom. The van der Waals surface area contributed by atoms with E-state index in [0.29, 0.717) is 6.42 Å². The van der Waals surface area contributed by atoms with E-state index in [0.717, 1.165) is 45.7 Å². The molecular formula is C20H31N3O. The summed E-state index contributed by atoms with van der Waals surface area (Å²) in [5, 5.41) is 3.21. The predicted molar refractivity (Wildman–Crippen MR) is 98.1 cm³/mol. The molecule has 1 aliphatic heterocycles. The highest BCUT2D eigenvalue weighted by atomic mass is 16.1. The first-order valence-electron chi connectivity index (χ1n) is 9.16. The number of rotatable bonds is 6. The molecule has 132 valence electrons. The molecule has 1 atom stereocenters. The molecule has 0 aromatic heterocycles. The Morgan fingerprint density at radius 1 is 1.12 bits per heavy atom. The third-order valence-corrected chi connectivity index (χ3v) is 6.08. The van der Waals surface area contributed by atoms with Crippen LogP contribution >= 0.6 is 0 Å². The molecule has 2 fully saturated rings. The Labute approximate surface area is 146 Å². The molecule has 3 rings (SSSR count). The number of hydrogen-bond donors (Lipinski definition) is 1. The van der Waals surface area contributed by atoms with Crippen molar-refractivity contribution in [2.24, 2.45) is 5.41 Å². The summed E-state index contributed by atoms with van der Waals surface area (Å²) in [7, 11) is 2.16. The molecule has 2 aliphatic rings. The quantitative estimate of drug-likeness (QED) is 0.868. The predicted octanol–water partition coefficient (Wildman–Crippen LogP) is 2.11. The van der Waals surface area contributed by atoms with Crippen molar-refractivity contribution in [3.8, 4) is 0 Å². The van der Waals surface area contributed by atoms with Crippen LogP contribution in [0.4, 0.5) is 0 Å². The van der Waals surface area contributed by atoms with Crippen molar-refractivity contribution < 1.29 is 4.79 Å². The number of hydrogen-bond acceptors (Lipinski definition) is 3. The fraction of sp³-hybridized carbons (Fsp3) is 0.650. The number of amides is 1. The third-order valence-electron chi connectivity index (χ3n) is 6.08. The zero-order valence-corrected chi connectivity index (χ0v) is 15.3. The smallest absolute Gasteiger partial charge is 0.221 e. The molecule has 0 radical (unpaired) electrons. The summed E-state index contributed by atoms with van der Waals surface area (Å²) in [6.07, 6.45) is 1.75. The standard InChI is InChI=1S/C20H31N3O/c1-19(2)15-20(19,17-7-5-4-6-8-17)16-21-18(24)9-10-23-13-11-22(3)12-14-23/h4-8H,9-16H2,1-3H3,(H,21,24)/t20-/m0/s1. The first kappa shape index (κ1) is 17.4. The summed E-state index contributed by atoms with van der Waals surface area (Å²) in [5.74, 6) is 0.187. The lowest BCUT2D eigenvalue weighted by molar-refractivity contribution is -0.121. The Morgan fingerprint density at radius 2 is 1.75 bits per heavy atom. The highest BCUT2D eigenvalue weighted by molar-refractivity contribution is 5.76. The van der Waals surface area contributed by atoms with Gasteiger partial charge in [-0.15, -0.1) is 0 Å². The van der Waals surface area contributed by atoms with E-state index in [9.17, 15) is 4.79 Å². The topological polar surface area (TPSA) is 35.6 Å². The van der Waals surface area contributed by atoms with Gasteiger partial charge in [-0.1, -0.05) is 44.2 Å². The summed E-state index contributed by atoms with van der Waals surface area (Å²) in [6, 6.07) is 10.7. The second-order valence-corrected chi connectivity index (χ2v) is 8.18. The van der Waals surface area contributed by atoms with Crippen molar-refractivity contribution in [2.45, 2.75) is 32.1 Å². The van der Waals surface area contributed by atoms with Gasteiger partial charge in [-0.25, -0.2) is 0 Å². The fourth-order valence-corrected chi connectivity index (χ4v) is 4.03. The Kier molecular flexibility index (Phi) is 4.97. The summed E-state index contributed by atoms with van der Waals surface area (Å²) in [5.41, 5.74) is 1.73. The molecular weight excluding hydrogens is 298 g/mol. The lowest BCUT2D eigenvalue weighted by Crippen LogP contribution is -2.45. The van der Waals surface area contributed by atoms with E-state index in [1.807, 2.05) is 0 Å². The van der Waals surface area contributed by atoms with Gasteiger partial charge in [0.1, 0.15) is 0 Å². The van der Waals surface area contributed by atoms with E-state index in [2.05, 4.69) is 66.3 Å². The second kappa shape index (κ2) is 6.85. The lowest BCUT2D eigenvalue weighted by Gasteiger charge is -2.32. The van der Waals surface area contributed by atoms with Crippen molar-refractivity contribution >= 4 is 5.91 Å². The van der Waals surface area contributed by atoms with E-state index in [4.69, 9.17) is 0 Å². The van der Waals surface area contributed by atoms with Crippen molar-refractivity contribution in [1.29, 1.82) is 0 Å². The summed E-state index contributed by atoms with van der Waals surface area (Å²) >= 11 is 0. The Balaban J connectivity index is 1.48. The highest BCUT2D eigenvalue weighted by Gasteiger charge is 2.61. The van der Waals surface area contributed by atoms with Gasteiger partial charge >= 0.3 is 0 Å². The maximum Gasteiger partial charge on any atom is 0.221 e. The minimum absolute atomic E-state index is 0.109. The molecule has 4 heteroatoms. The normalized spacial score (nSPS) is 27.0. The van der Waals surface area contributed by atoms with E-state index >= 15 is 0 Å². The van der Waals surface area contributed by atoms with Crippen LogP contribution in [0, 0.1) is 5.41 Å². The highest BCUT2D eigenvalue weighted by Crippen LogP contribution is 2.63. The minimum atomic E-state index is 0.109. The van der Waals surface area contributed by atoms with Gasteiger partial charge in [0.25, 0.3) is 0 Å². The van der Waals surface area contributed by atoms with Crippen LogP contribution in [0.2, 0.25) is 0 Å². The number of nitrogens with one attached hydrogen (secondary N) is 1. The van der Waals surface area contributed by atoms with E-state index in [1.165, 1.54) is 5.56 Å². The molecule has 1 heterocycles. The van der Waals surface area contributed by atoms with E-state index < -0.39 is 0 Å². The average Bonchev–Trinajstić information content (AvgIpc) is 3.16. The maximum absolute atomic E-state index is 12.3. The Hall–Kier alpha value is -1.39. The van der Waals surface area contributed by atoms with Gasteiger partial charge in [0.05, 0.1) is 0 Å². The van der Waals surface area contributed by atoms with Crippen LogP contribution in [0.1, 0.15) is 32.3 Å². The summed E-state index contributed by atoms with van der Waals surface area (Å²) in [4.78, 5) is 17.1. The van der Waals surface area contributed by atoms with Gasteiger partial charge in [-0.3, -0.25) is 4.79 Å². The molecule has 1 saturated heterocycles. The molecule has 24 heavy (non-hydrogen) atoms. The largest absolute Gasteiger partial charge is 0.355 e. The number of likely N-dealkylation sites (N-methyl/N-ethyl adjacent to an activating group) is 1. The van der Waals surface area contributed by atoms with Crippen LogP contribution in [0.3, 0.4) is 0 Å². The van der Waals surface area contributed by atoms with Crippen LogP contribution in [0.15, 0.2) is 30.3 Å². The molecule has 1 aromatic carbocycles. The maximum atomic E-state index is 12.3. The monoisotopic (exact) mass is 329 g/mol. The molecule has 0 bridgehead atoms.